The molecule has 0 heterocycles. The Hall–Kier alpha value is 0.430. The molecule has 0 unspecified atom stereocenters. The van der Waals surface area contributed by atoms with E-state index >= 15 is 0 Å². The minimum atomic E-state index is 1.37. The molecule has 0 aliphatic rings. The summed E-state index contributed by atoms with van der Waals surface area (Å²) in [5, 5.41) is 0. The van der Waals surface area contributed by atoms with Gasteiger partial charge in [0.25, 0.3) is 0 Å². The standard InChI is InChI=1S/C18H38P/c1-3-5-7-9-10-11-12-13-14-16-18-19-17-15-8-6-4-2/h3-18H2,1-2H3. The van der Waals surface area contributed by atoms with Crippen LogP contribution in [0.25, 0.3) is 0 Å². The molecule has 0 aromatic heterocycles. The summed E-state index contributed by atoms with van der Waals surface area (Å²) >= 11 is 0. The van der Waals surface area contributed by atoms with Crippen molar-refractivity contribution in [2.24, 2.45) is 0 Å². The van der Waals surface area contributed by atoms with Crippen molar-refractivity contribution in [3.05, 3.63) is 0 Å². The van der Waals surface area contributed by atoms with E-state index in [2.05, 4.69) is 13.8 Å². The van der Waals surface area contributed by atoms with Gasteiger partial charge in [-0.3, -0.25) is 0 Å². The molecule has 0 amide bonds. The van der Waals surface area contributed by atoms with Crippen molar-refractivity contribution in [3.63, 3.8) is 0 Å². The summed E-state index contributed by atoms with van der Waals surface area (Å²) < 4.78 is 0. The largest absolute Gasteiger partial charge is 0.0810 e. The monoisotopic (exact) mass is 285 g/mol. The summed E-state index contributed by atoms with van der Waals surface area (Å²) in [7, 11) is 1.72. The molecule has 0 N–H and O–H groups in total. The topological polar surface area (TPSA) is 0 Å². The van der Waals surface area contributed by atoms with Crippen molar-refractivity contribution in [2.75, 3.05) is 12.3 Å². The van der Waals surface area contributed by atoms with Crippen LogP contribution in [-0.2, 0) is 0 Å². The van der Waals surface area contributed by atoms with Gasteiger partial charge < -0.3 is 0 Å². The average Bonchev–Trinajstić information content (AvgIpc) is 2.43. The molecule has 0 aliphatic heterocycles. The lowest BCUT2D eigenvalue weighted by molar-refractivity contribution is 0.563. The molecule has 0 aromatic carbocycles. The van der Waals surface area contributed by atoms with Crippen molar-refractivity contribution in [3.8, 4) is 0 Å². The zero-order valence-electron chi connectivity index (χ0n) is 13.8. The average molecular weight is 285 g/mol. The fourth-order valence-corrected chi connectivity index (χ4v) is 3.59. The maximum atomic E-state index is 2.29. The van der Waals surface area contributed by atoms with E-state index in [1.807, 2.05) is 0 Å². The second kappa shape index (κ2) is 18.4. The van der Waals surface area contributed by atoms with E-state index in [-0.39, 0.29) is 0 Å². The van der Waals surface area contributed by atoms with Crippen LogP contribution in [0.1, 0.15) is 104 Å². The Labute approximate surface area is 125 Å². The molecule has 0 bridgehead atoms. The van der Waals surface area contributed by atoms with Crippen LogP contribution in [-0.4, -0.2) is 12.3 Å². The molecular formula is C18H38P. The summed E-state index contributed by atoms with van der Waals surface area (Å²) in [6.45, 7) is 4.59. The minimum Gasteiger partial charge on any atom is -0.0810 e. The molecule has 0 rings (SSSR count). The van der Waals surface area contributed by atoms with Crippen LogP contribution < -0.4 is 0 Å². The Kier molecular flexibility index (Phi) is 18.8. The van der Waals surface area contributed by atoms with Crippen LogP contribution >= 0.6 is 8.58 Å². The van der Waals surface area contributed by atoms with Crippen molar-refractivity contribution in [1.29, 1.82) is 0 Å². The lowest BCUT2D eigenvalue weighted by atomic mass is 10.1. The predicted molar refractivity (Wildman–Crippen MR) is 92.6 cm³/mol. The molecular weight excluding hydrogens is 247 g/mol. The third-order valence-corrected chi connectivity index (χ3v) is 5.10. The highest BCUT2D eigenvalue weighted by Gasteiger charge is 1.94. The summed E-state index contributed by atoms with van der Waals surface area (Å²) in [6, 6.07) is 0. The number of hydrogen-bond donors (Lipinski definition) is 0. The second-order valence-electron chi connectivity index (χ2n) is 5.91. The van der Waals surface area contributed by atoms with Gasteiger partial charge in [0.1, 0.15) is 0 Å². The SMILES string of the molecule is CCCCCCCCCCCC[P]CCCCCC. The highest BCUT2D eigenvalue weighted by atomic mass is 31.1. The Morgan fingerprint density at radius 2 is 0.737 bits per heavy atom. The van der Waals surface area contributed by atoms with Gasteiger partial charge in [0.2, 0.25) is 0 Å². The maximum Gasteiger partial charge on any atom is -0.0287 e. The van der Waals surface area contributed by atoms with Gasteiger partial charge in [-0.15, -0.1) is 0 Å². The van der Waals surface area contributed by atoms with E-state index in [0.29, 0.717) is 0 Å². The number of unbranched alkanes of at least 4 members (excludes halogenated alkanes) is 12. The van der Waals surface area contributed by atoms with E-state index in [4.69, 9.17) is 0 Å². The van der Waals surface area contributed by atoms with E-state index in [1.165, 1.54) is 102 Å². The van der Waals surface area contributed by atoms with Crippen LogP contribution in [0.2, 0.25) is 0 Å². The first kappa shape index (κ1) is 19.4. The van der Waals surface area contributed by atoms with Crippen molar-refractivity contribution >= 4 is 8.58 Å². The third kappa shape index (κ3) is 18.4. The Balaban J connectivity index is 2.88. The van der Waals surface area contributed by atoms with Gasteiger partial charge >= 0.3 is 0 Å². The second-order valence-corrected chi connectivity index (χ2v) is 7.26. The minimum absolute atomic E-state index is 1.37. The third-order valence-electron chi connectivity index (χ3n) is 3.84. The van der Waals surface area contributed by atoms with E-state index in [1.54, 1.807) is 8.58 Å². The Morgan fingerprint density at radius 3 is 1.16 bits per heavy atom. The lowest BCUT2D eigenvalue weighted by Gasteiger charge is -2.03. The summed E-state index contributed by atoms with van der Waals surface area (Å²) in [4.78, 5) is 0. The first-order valence-electron chi connectivity index (χ1n) is 9.05. The van der Waals surface area contributed by atoms with Crippen LogP contribution in [0.5, 0.6) is 0 Å². The predicted octanol–water partition coefficient (Wildman–Crippen LogP) is 7.43. The highest BCUT2D eigenvalue weighted by molar-refractivity contribution is 7.37. The zero-order chi connectivity index (χ0) is 14.0. The van der Waals surface area contributed by atoms with Gasteiger partial charge in [-0.2, -0.15) is 0 Å². The van der Waals surface area contributed by atoms with Gasteiger partial charge in [0.15, 0.2) is 0 Å². The molecule has 0 atom stereocenters. The smallest absolute Gasteiger partial charge is 0.0287 e. The van der Waals surface area contributed by atoms with Crippen molar-refractivity contribution in [2.45, 2.75) is 104 Å². The maximum absolute atomic E-state index is 2.29. The molecule has 0 fully saturated rings. The van der Waals surface area contributed by atoms with Gasteiger partial charge in [0.05, 0.1) is 0 Å². The molecule has 0 aliphatic carbocycles. The molecule has 0 saturated carbocycles. The van der Waals surface area contributed by atoms with Gasteiger partial charge in [-0.05, 0) is 25.2 Å². The molecule has 1 heteroatoms. The molecule has 0 spiro atoms. The number of hydrogen-bond acceptors (Lipinski definition) is 0. The number of rotatable bonds is 16. The lowest BCUT2D eigenvalue weighted by Crippen LogP contribution is -1.85. The van der Waals surface area contributed by atoms with Crippen LogP contribution in [0.4, 0.5) is 0 Å². The molecule has 19 heavy (non-hydrogen) atoms. The molecule has 115 valence electrons. The van der Waals surface area contributed by atoms with Gasteiger partial charge in [-0.1, -0.05) is 99.5 Å². The Morgan fingerprint density at radius 1 is 0.421 bits per heavy atom. The normalized spacial score (nSPS) is 11.7. The summed E-state index contributed by atoms with van der Waals surface area (Å²) in [5.41, 5.74) is 0. The van der Waals surface area contributed by atoms with Crippen LogP contribution in [0, 0.1) is 0 Å². The zero-order valence-corrected chi connectivity index (χ0v) is 14.7. The van der Waals surface area contributed by atoms with Crippen molar-refractivity contribution < 1.29 is 0 Å². The fourth-order valence-electron chi connectivity index (χ4n) is 2.47. The molecule has 0 aromatic rings. The quantitative estimate of drug-likeness (QED) is 0.204. The Bertz CT molecular complexity index is 129. The van der Waals surface area contributed by atoms with Gasteiger partial charge in [0, 0.05) is 0 Å². The van der Waals surface area contributed by atoms with E-state index in [0.717, 1.165) is 0 Å². The highest BCUT2D eigenvalue weighted by Crippen LogP contribution is 2.17. The first-order chi connectivity index (χ1) is 9.41. The molecule has 0 saturated heterocycles. The van der Waals surface area contributed by atoms with Crippen LogP contribution in [0.3, 0.4) is 0 Å². The van der Waals surface area contributed by atoms with Crippen LogP contribution in [0.15, 0.2) is 0 Å². The van der Waals surface area contributed by atoms with Gasteiger partial charge in [-0.25, -0.2) is 0 Å². The van der Waals surface area contributed by atoms with E-state index in [9.17, 15) is 0 Å². The fraction of sp³-hybridized carbons (Fsp3) is 1.00. The summed E-state index contributed by atoms with van der Waals surface area (Å²) in [5.74, 6) is 0. The molecule has 0 nitrogen and oxygen atoms in total. The molecule has 1 radical (unpaired) electrons. The van der Waals surface area contributed by atoms with Crippen molar-refractivity contribution in [1.82, 2.24) is 0 Å². The summed E-state index contributed by atoms with van der Waals surface area (Å²) in [6.07, 6.45) is 23.3. The van der Waals surface area contributed by atoms with E-state index < -0.39 is 0 Å². The first-order valence-corrected chi connectivity index (χ1v) is 10.3.